The Bertz CT molecular complexity index is 823. The molecule has 2 atom stereocenters. The minimum Gasteiger partial charge on any atom is -0.438 e. The second kappa shape index (κ2) is 5.56. The molecule has 2 saturated carbocycles. The first-order valence-corrected chi connectivity index (χ1v) is 9.64. The Kier molecular flexibility index (Phi) is 3.42. The van der Waals surface area contributed by atoms with Gasteiger partial charge in [0, 0.05) is 12.6 Å². The Morgan fingerprint density at radius 1 is 1.24 bits per heavy atom. The summed E-state index contributed by atoms with van der Waals surface area (Å²) in [5.41, 5.74) is 7.19. The minimum absolute atomic E-state index is 0.0688. The summed E-state index contributed by atoms with van der Waals surface area (Å²) in [4.78, 5) is 19.3. The molecule has 0 spiro atoms. The van der Waals surface area contributed by atoms with Gasteiger partial charge in [0.15, 0.2) is 5.58 Å². The number of amides is 1. The summed E-state index contributed by atoms with van der Waals surface area (Å²) in [5, 5.41) is 0. The number of likely N-dealkylation sites (tertiary alicyclic amines) is 1. The van der Waals surface area contributed by atoms with Gasteiger partial charge >= 0.3 is 0 Å². The van der Waals surface area contributed by atoms with Gasteiger partial charge in [0.2, 0.25) is 5.89 Å². The monoisotopic (exact) mass is 339 g/mol. The molecule has 0 radical (unpaired) electrons. The van der Waals surface area contributed by atoms with Crippen LogP contribution >= 0.6 is 0 Å². The van der Waals surface area contributed by atoms with Gasteiger partial charge in [-0.05, 0) is 50.2 Å². The Balaban J connectivity index is 1.59. The summed E-state index contributed by atoms with van der Waals surface area (Å²) < 4.78 is 6.23. The third-order valence-electron chi connectivity index (χ3n) is 6.69. The van der Waals surface area contributed by atoms with Crippen molar-refractivity contribution in [3.05, 3.63) is 29.7 Å². The molecule has 3 fully saturated rings. The Morgan fingerprint density at radius 2 is 2.08 bits per heavy atom. The highest BCUT2D eigenvalue weighted by Crippen LogP contribution is 2.55. The average molecular weight is 339 g/mol. The van der Waals surface area contributed by atoms with Gasteiger partial charge in [0.25, 0.3) is 5.91 Å². The van der Waals surface area contributed by atoms with E-state index >= 15 is 0 Å². The van der Waals surface area contributed by atoms with E-state index in [-0.39, 0.29) is 5.54 Å². The quantitative estimate of drug-likeness (QED) is 0.928. The fourth-order valence-corrected chi connectivity index (χ4v) is 5.54. The largest absolute Gasteiger partial charge is 0.438 e. The molecule has 2 bridgehead atoms. The van der Waals surface area contributed by atoms with Crippen molar-refractivity contribution in [2.45, 2.75) is 62.9 Å². The van der Waals surface area contributed by atoms with Crippen LogP contribution in [0.5, 0.6) is 0 Å². The van der Waals surface area contributed by atoms with Crippen molar-refractivity contribution in [1.82, 2.24) is 9.88 Å². The molecule has 1 saturated heterocycles. The van der Waals surface area contributed by atoms with E-state index in [1.54, 1.807) is 6.07 Å². The summed E-state index contributed by atoms with van der Waals surface area (Å²) in [5.74, 6) is 1.11. The van der Waals surface area contributed by atoms with Crippen LogP contribution in [0.4, 0.5) is 0 Å². The summed E-state index contributed by atoms with van der Waals surface area (Å²) >= 11 is 0. The second-order valence-electron chi connectivity index (χ2n) is 8.12. The third-order valence-corrected chi connectivity index (χ3v) is 6.69. The first kappa shape index (κ1) is 15.4. The van der Waals surface area contributed by atoms with E-state index in [9.17, 15) is 4.79 Å². The minimum atomic E-state index is -0.453. The lowest BCUT2D eigenvalue weighted by Gasteiger charge is -2.43. The van der Waals surface area contributed by atoms with Crippen LogP contribution in [0.1, 0.15) is 67.6 Å². The number of primary amides is 1. The molecule has 1 amide bonds. The maximum atomic E-state index is 11.7. The molecule has 3 aliphatic rings. The SMILES string of the molecule is NC(=O)c1cccc2nc([C@]34CC[C@H](CN3C3CCCCC3)C4)oc12. The number of aromatic nitrogens is 1. The standard InChI is InChI=1S/C20H25N3O2/c21-18(24)15-7-4-8-16-17(15)25-19(22-16)20-10-9-13(11-20)12-23(20)14-5-2-1-3-6-14/h4,7-8,13-14H,1-3,5-6,9-12H2,(H2,21,24)/t13-,20+/m0/s1. The number of fused-ring (bicyclic) bond motifs is 3. The first-order chi connectivity index (χ1) is 12.2. The van der Waals surface area contributed by atoms with Gasteiger partial charge < -0.3 is 10.2 Å². The number of carbonyl (C=O) groups excluding carboxylic acids is 1. The van der Waals surface area contributed by atoms with Gasteiger partial charge in [0.05, 0.1) is 11.1 Å². The molecule has 2 N–H and O–H groups in total. The Hall–Kier alpha value is -1.88. The topological polar surface area (TPSA) is 72.4 Å². The number of oxazole rings is 1. The van der Waals surface area contributed by atoms with Crippen molar-refractivity contribution < 1.29 is 9.21 Å². The van der Waals surface area contributed by atoms with Gasteiger partial charge in [-0.25, -0.2) is 4.98 Å². The molecule has 2 heterocycles. The molecule has 0 unspecified atom stereocenters. The molecule has 5 heteroatoms. The van der Waals surface area contributed by atoms with E-state index < -0.39 is 5.91 Å². The zero-order valence-corrected chi connectivity index (χ0v) is 14.5. The number of hydrogen-bond donors (Lipinski definition) is 1. The Labute approximate surface area is 147 Å². The maximum absolute atomic E-state index is 11.7. The van der Waals surface area contributed by atoms with Crippen LogP contribution in [0.15, 0.2) is 22.6 Å². The number of rotatable bonds is 3. The van der Waals surface area contributed by atoms with E-state index in [1.807, 2.05) is 12.1 Å². The average Bonchev–Trinajstić information content (AvgIpc) is 3.34. The van der Waals surface area contributed by atoms with Gasteiger partial charge in [-0.1, -0.05) is 25.3 Å². The molecule has 2 aromatic rings. The predicted octanol–water partition coefficient (Wildman–Crippen LogP) is 3.57. The Morgan fingerprint density at radius 3 is 2.84 bits per heavy atom. The number of carbonyl (C=O) groups is 1. The molecular formula is C20H25N3O2. The molecule has 5 nitrogen and oxygen atoms in total. The highest BCUT2D eigenvalue weighted by atomic mass is 16.4. The fourth-order valence-electron chi connectivity index (χ4n) is 5.54. The van der Waals surface area contributed by atoms with Crippen molar-refractivity contribution in [2.75, 3.05) is 6.54 Å². The molecule has 25 heavy (non-hydrogen) atoms. The van der Waals surface area contributed by atoms with Crippen LogP contribution in [0.2, 0.25) is 0 Å². The molecule has 2 aliphatic carbocycles. The van der Waals surface area contributed by atoms with Crippen molar-refractivity contribution in [3.63, 3.8) is 0 Å². The number of para-hydroxylation sites is 1. The van der Waals surface area contributed by atoms with Crippen molar-refractivity contribution in [1.29, 1.82) is 0 Å². The van der Waals surface area contributed by atoms with Crippen LogP contribution in [0.3, 0.4) is 0 Å². The van der Waals surface area contributed by atoms with Crippen LogP contribution in [-0.2, 0) is 5.54 Å². The van der Waals surface area contributed by atoms with Crippen molar-refractivity contribution in [2.24, 2.45) is 11.7 Å². The lowest BCUT2D eigenvalue weighted by molar-refractivity contribution is 0.0279. The molecule has 5 rings (SSSR count). The maximum Gasteiger partial charge on any atom is 0.252 e. The van der Waals surface area contributed by atoms with Gasteiger partial charge in [-0.15, -0.1) is 0 Å². The number of nitrogens with two attached hydrogens (primary N) is 1. The van der Waals surface area contributed by atoms with E-state index in [4.69, 9.17) is 15.1 Å². The smallest absolute Gasteiger partial charge is 0.252 e. The summed E-state index contributed by atoms with van der Waals surface area (Å²) in [6.07, 6.45) is 10.1. The molecular weight excluding hydrogens is 314 g/mol. The zero-order valence-electron chi connectivity index (χ0n) is 14.5. The van der Waals surface area contributed by atoms with E-state index in [2.05, 4.69) is 4.90 Å². The lowest BCUT2D eigenvalue weighted by Crippen LogP contribution is -2.49. The number of hydrogen-bond acceptors (Lipinski definition) is 4. The van der Waals surface area contributed by atoms with Crippen molar-refractivity contribution >= 4 is 17.0 Å². The van der Waals surface area contributed by atoms with Gasteiger partial charge in [0.1, 0.15) is 5.52 Å². The van der Waals surface area contributed by atoms with Gasteiger partial charge in [-0.2, -0.15) is 0 Å². The molecule has 1 aromatic heterocycles. The summed E-state index contributed by atoms with van der Waals surface area (Å²) in [6, 6.07) is 6.13. The third kappa shape index (κ3) is 2.25. The van der Waals surface area contributed by atoms with Crippen molar-refractivity contribution in [3.8, 4) is 0 Å². The van der Waals surface area contributed by atoms with Gasteiger partial charge in [-0.3, -0.25) is 9.69 Å². The van der Waals surface area contributed by atoms with Crippen LogP contribution in [0, 0.1) is 5.92 Å². The van der Waals surface area contributed by atoms with E-state index in [0.29, 0.717) is 17.2 Å². The fraction of sp³-hybridized carbons (Fsp3) is 0.600. The van der Waals surface area contributed by atoms with Crippen LogP contribution < -0.4 is 5.73 Å². The summed E-state index contributed by atoms with van der Waals surface area (Å²) in [7, 11) is 0. The van der Waals surface area contributed by atoms with E-state index in [1.165, 1.54) is 45.1 Å². The van der Waals surface area contributed by atoms with Crippen LogP contribution in [0.25, 0.3) is 11.1 Å². The predicted molar refractivity (Wildman–Crippen MR) is 95.1 cm³/mol. The normalized spacial score (nSPS) is 30.3. The highest BCUT2D eigenvalue weighted by Gasteiger charge is 2.56. The molecule has 132 valence electrons. The highest BCUT2D eigenvalue weighted by molar-refractivity contribution is 6.03. The lowest BCUT2D eigenvalue weighted by atomic mass is 9.88. The van der Waals surface area contributed by atoms with Crippen LogP contribution in [-0.4, -0.2) is 28.4 Å². The molecule has 1 aliphatic heterocycles. The number of piperidine rings is 1. The summed E-state index contributed by atoms with van der Waals surface area (Å²) in [6.45, 7) is 1.17. The number of nitrogens with zero attached hydrogens (tertiary/aromatic N) is 2. The van der Waals surface area contributed by atoms with E-state index in [0.717, 1.165) is 30.2 Å². The second-order valence-corrected chi connectivity index (χ2v) is 8.12. The number of benzene rings is 1. The zero-order chi connectivity index (χ0) is 17.0. The molecule has 1 aromatic carbocycles. The first-order valence-electron chi connectivity index (χ1n) is 9.64.